The highest BCUT2D eigenvalue weighted by Gasteiger charge is 2.50. The van der Waals surface area contributed by atoms with Crippen LogP contribution in [0.3, 0.4) is 0 Å². The van der Waals surface area contributed by atoms with Crippen molar-refractivity contribution in [2.75, 3.05) is 39.4 Å². The third-order valence-electron chi connectivity index (χ3n) is 7.23. The Labute approximate surface area is 173 Å². The second-order valence-corrected chi connectivity index (χ2v) is 9.12. The summed E-state index contributed by atoms with van der Waals surface area (Å²) in [5, 5.41) is 4.47. The lowest BCUT2D eigenvalue weighted by Crippen LogP contribution is -2.42. The molecule has 1 saturated carbocycles. The number of hydrogen-bond donors (Lipinski definition) is 0. The Bertz CT molecular complexity index is 749. The molecule has 2 aliphatic heterocycles. The third kappa shape index (κ3) is 4.34. The van der Waals surface area contributed by atoms with Crippen molar-refractivity contribution >= 4 is 11.8 Å². The first-order chi connectivity index (χ1) is 14.0. The van der Waals surface area contributed by atoms with Gasteiger partial charge in [0, 0.05) is 51.3 Å². The molecular formula is C22H34N4O3. The number of hydrogen-bond acceptors (Lipinski definition) is 4. The van der Waals surface area contributed by atoms with E-state index in [2.05, 4.69) is 10.00 Å². The summed E-state index contributed by atoms with van der Waals surface area (Å²) in [7, 11) is 0. The highest BCUT2D eigenvalue weighted by atomic mass is 16.5. The van der Waals surface area contributed by atoms with Crippen LogP contribution in [-0.4, -0.2) is 70.8 Å². The van der Waals surface area contributed by atoms with Crippen molar-refractivity contribution in [2.45, 2.75) is 58.9 Å². The molecule has 0 bridgehead atoms. The summed E-state index contributed by atoms with van der Waals surface area (Å²) in [6.07, 6.45) is 5.64. The molecule has 2 amide bonds. The van der Waals surface area contributed by atoms with Gasteiger partial charge in [-0.15, -0.1) is 0 Å². The van der Waals surface area contributed by atoms with Crippen molar-refractivity contribution < 1.29 is 14.3 Å². The van der Waals surface area contributed by atoms with E-state index in [0.29, 0.717) is 51.6 Å². The zero-order chi connectivity index (χ0) is 20.4. The third-order valence-corrected chi connectivity index (χ3v) is 7.23. The first-order valence-corrected chi connectivity index (χ1v) is 11.1. The van der Waals surface area contributed by atoms with E-state index in [-0.39, 0.29) is 17.2 Å². The van der Waals surface area contributed by atoms with Gasteiger partial charge in [0.1, 0.15) is 0 Å². The van der Waals surface area contributed by atoms with Gasteiger partial charge in [0.25, 0.3) is 0 Å². The van der Waals surface area contributed by atoms with E-state index < -0.39 is 0 Å². The van der Waals surface area contributed by atoms with Crippen LogP contribution in [0.25, 0.3) is 0 Å². The van der Waals surface area contributed by atoms with Gasteiger partial charge in [-0.05, 0) is 50.5 Å². The average Bonchev–Trinajstić information content (AvgIpc) is 3.24. The van der Waals surface area contributed by atoms with Crippen LogP contribution in [0.2, 0.25) is 0 Å². The predicted octanol–water partition coefficient (Wildman–Crippen LogP) is 2.16. The molecule has 0 aromatic carbocycles. The zero-order valence-electron chi connectivity index (χ0n) is 17.9. The summed E-state index contributed by atoms with van der Waals surface area (Å²) in [5.41, 5.74) is 2.36. The second-order valence-electron chi connectivity index (χ2n) is 9.12. The van der Waals surface area contributed by atoms with Gasteiger partial charge in [0.15, 0.2) is 0 Å². The summed E-state index contributed by atoms with van der Waals surface area (Å²) < 4.78 is 7.28. The number of carbonyl (C=O) groups excluding carboxylic acids is 2. The molecule has 1 atom stereocenters. The number of aryl methyl sites for hydroxylation is 3. The molecule has 0 radical (unpaired) electrons. The Balaban J connectivity index is 1.30. The molecule has 3 fully saturated rings. The number of amides is 2. The molecule has 3 heterocycles. The second kappa shape index (κ2) is 8.46. The molecule has 1 spiro atoms. The minimum absolute atomic E-state index is 0.228. The van der Waals surface area contributed by atoms with Crippen molar-refractivity contribution in [1.29, 1.82) is 0 Å². The van der Waals surface area contributed by atoms with E-state index in [1.807, 2.05) is 29.5 Å². The SMILES string of the molecule is Cc1cc(C)n(CCC(=O)N2CC(CCC(=O)N3CCOCC3)C3(CCC3)C2)n1. The molecule has 1 aromatic rings. The van der Waals surface area contributed by atoms with Crippen molar-refractivity contribution in [2.24, 2.45) is 11.3 Å². The fraction of sp³-hybridized carbons (Fsp3) is 0.773. The summed E-state index contributed by atoms with van der Waals surface area (Å²) >= 11 is 0. The minimum atomic E-state index is 0.228. The summed E-state index contributed by atoms with van der Waals surface area (Å²) in [6, 6.07) is 2.05. The van der Waals surface area contributed by atoms with Gasteiger partial charge in [-0.25, -0.2) is 0 Å². The Kier molecular flexibility index (Phi) is 5.95. The maximum absolute atomic E-state index is 12.9. The van der Waals surface area contributed by atoms with Crippen LogP contribution in [0, 0.1) is 25.2 Å². The number of carbonyl (C=O) groups is 2. The smallest absolute Gasteiger partial charge is 0.224 e. The van der Waals surface area contributed by atoms with Gasteiger partial charge in [-0.2, -0.15) is 5.10 Å². The Morgan fingerprint density at radius 2 is 1.86 bits per heavy atom. The Morgan fingerprint density at radius 1 is 1.14 bits per heavy atom. The molecule has 1 aromatic heterocycles. The first kappa shape index (κ1) is 20.4. The molecule has 7 heteroatoms. The number of ether oxygens (including phenoxy) is 1. The van der Waals surface area contributed by atoms with Gasteiger partial charge < -0.3 is 14.5 Å². The average molecular weight is 403 g/mol. The fourth-order valence-corrected chi connectivity index (χ4v) is 5.35. The summed E-state index contributed by atoms with van der Waals surface area (Å²) in [6.45, 7) is 9.07. The van der Waals surface area contributed by atoms with Gasteiger partial charge in [0.2, 0.25) is 11.8 Å². The molecule has 4 rings (SSSR count). The maximum Gasteiger partial charge on any atom is 0.224 e. The Hall–Kier alpha value is -1.89. The molecular weight excluding hydrogens is 368 g/mol. The molecule has 160 valence electrons. The summed E-state index contributed by atoms with van der Waals surface area (Å²) in [4.78, 5) is 29.5. The van der Waals surface area contributed by atoms with Crippen LogP contribution in [0.5, 0.6) is 0 Å². The van der Waals surface area contributed by atoms with E-state index in [4.69, 9.17) is 4.74 Å². The zero-order valence-corrected chi connectivity index (χ0v) is 17.9. The topological polar surface area (TPSA) is 67.7 Å². The number of aromatic nitrogens is 2. The van der Waals surface area contributed by atoms with E-state index in [9.17, 15) is 9.59 Å². The molecule has 2 saturated heterocycles. The van der Waals surface area contributed by atoms with Crippen LogP contribution < -0.4 is 0 Å². The standard InChI is InChI=1S/C22H34N4O3/c1-17-14-18(2)26(23-17)9-6-21(28)25-15-19(22(16-25)7-3-8-22)4-5-20(27)24-10-12-29-13-11-24/h14,19H,3-13,15-16H2,1-2H3. The largest absolute Gasteiger partial charge is 0.378 e. The molecule has 1 unspecified atom stereocenters. The van der Waals surface area contributed by atoms with Crippen molar-refractivity contribution in [3.63, 3.8) is 0 Å². The monoisotopic (exact) mass is 402 g/mol. The summed E-state index contributed by atoms with van der Waals surface area (Å²) in [5.74, 6) is 0.932. The van der Waals surface area contributed by atoms with E-state index in [1.54, 1.807) is 0 Å². The highest BCUT2D eigenvalue weighted by molar-refractivity contribution is 5.77. The van der Waals surface area contributed by atoms with Gasteiger partial charge in [0.05, 0.1) is 18.9 Å². The van der Waals surface area contributed by atoms with Crippen LogP contribution in [-0.2, 0) is 20.9 Å². The van der Waals surface area contributed by atoms with Crippen LogP contribution >= 0.6 is 0 Å². The number of likely N-dealkylation sites (tertiary alicyclic amines) is 1. The van der Waals surface area contributed by atoms with E-state index in [0.717, 1.165) is 30.9 Å². The molecule has 1 aliphatic carbocycles. The fourth-order valence-electron chi connectivity index (χ4n) is 5.35. The van der Waals surface area contributed by atoms with Crippen LogP contribution in [0.15, 0.2) is 6.07 Å². The molecule has 7 nitrogen and oxygen atoms in total. The highest BCUT2D eigenvalue weighted by Crippen LogP contribution is 2.53. The number of morpholine rings is 1. The minimum Gasteiger partial charge on any atom is -0.378 e. The Morgan fingerprint density at radius 3 is 2.48 bits per heavy atom. The number of nitrogens with zero attached hydrogens (tertiary/aromatic N) is 4. The maximum atomic E-state index is 12.9. The van der Waals surface area contributed by atoms with Gasteiger partial charge in [-0.1, -0.05) is 6.42 Å². The van der Waals surface area contributed by atoms with Crippen molar-refractivity contribution in [1.82, 2.24) is 19.6 Å². The molecule has 29 heavy (non-hydrogen) atoms. The van der Waals surface area contributed by atoms with Gasteiger partial charge >= 0.3 is 0 Å². The van der Waals surface area contributed by atoms with Crippen LogP contribution in [0.1, 0.15) is 49.9 Å². The van der Waals surface area contributed by atoms with Gasteiger partial charge in [-0.3, -0.25) is 14.3 Å². The predicted molar refractivity (Wildman–Crippen MR) is 109 cm³/mol. The lowest BCUT2D eigenvalue weighted by Gasteiger charge is -2.43. The normalized spacial score (nSPS) is 23.4. The quantitative estimate of drug-likeness (QED) is 0.731. The van der Waals surface area contributed by atoms with E-state index in [1.165, 1.54) is 19.3 Å². The first-order valence-electron chi connectivity index (χ1n) is 11.1. The lowest BCUT2D eigenvalue weighted by atomic mass is 9.62. The van der Waals surface area contributed by atoms with Crippen LogP contribution in [0.4, 0.5) is 0 Å². The lowest BCUT2D eigenvalue weighted by molar-refractivity contribution is -0.135. The van der Waals surface area contributed by atoms with Crippen molar-refractivity contribution in [3.8, 4) is 0 Å². The van der Waals surface area contributed by atoms with E-state index >= 15 is 0 Å². The molecule has 3 aliphatic rings. The van der Waals surface area contributed by atoms with Crippen molar-refractivity contribution in [3.05, 3.63) is 17.5 Å². The number of rotatable bonds is 6. The molecule has 0 N–H and O–H groups in total.